The maximum absolute atomic E-state index is 11.6. The Bertz CT molecular complexity index is 736. The standard InChI is InChI=1S/C17H18OS2/c1-2-3-4-5-6-12-13-7-9-19-16(13)17-14(8-10-20-17)15(12)11-18/h7-11H,2-6H2,1H3. The molecule has 0 aliphatic rings. The number of aryl methyl sites for hydroxylation is 1. The van der Waals surface area contributed by atoms with Gasteiger partial charge in [-0.3, -0.25) is 4.79 Å². The summed E-state index contributed by atoms with van der Waals surface area (Å²) in [5.41, 5.74) is 2.18. The number of fused-ring (bicyclic) bond motifs is 3. The van der Waals surface area contributed by atoms with Gasteiger partial charge in [0.15, 0.2) is 6.29 Å². The highest BCUT2D eigenvalue weighted by molar-refractivity contribution is 7.25. The molecule has 104 valence electrons. The number of hydrogen-bond donors (Lipinski definition) is 0. The van der Waals surface area contributed by atoms with Gasteiger partial charge in [-0.2, -0.15) is 0 Å². The number of benzene rings is 1. The molecule has 0 fully saturated rings. The van der Waals surface area contributed by atoms with Crippen LogP contribution >= 0.6 is 22.7 Å². The zero-order valence-electron chi connectivity index (χ0n) is 11.6. The van der Waals surface area contributed by atoms with E-state index < -0.39 is 0 Å². The lowest BCUT2D eigenvalue weighted by molar-refractivity contribution is 0.112. The van der Waals surface area contributed by atoms with Crippen molar-refractivity contribution in [2.24, 2.45) is 0 Å². The fourth-order valence-electron chi connectivity index (χ4n) is 2.86. The van der Waals surface area contributed by atoms with E-state index in [1.54, 1.807) is 22.7 Å². The van der Waals surface area contributed by atoms with Crippen molar-refractivity contribution in [2.45, 2.75) is 39.0 Å². The molecule has 20 heavy (non-hydrogen) atoms. The van der Waals surface area contributed by atoms with E-state index in [2.05, 4.69) is 29.8 Å². The molecule has 0 N–H and O–H groups in total. The van der Waals surface area contributed by atoms with Crippen LogP contribution in [0.4, 0.5) is 0 Å². The van der Waals surface area contributed by atoms with Crippen molar-refractivity contribution < 1.29 is 4.79 Å². The largest absolute Gasteiger partial charge is 0.298 e. The summed E-state index contributed by atoms with van der Waals surface area (Å²) < 4.78 is 2.63. The molecule has 1 aromatic carbocycles. The Morgan fingerprint density at radius 1 is 1.00 bits per heavy atom. The molecule has 0 radical (unpaired) electrons. The summed E-state index contributed by atoms with van der Waals surface area (Å²) in [4.78, 5) is 11.6. The number of hydrogen-bond acceptors (Lipinski definition) is 3. The molecule has 0 aliphatic heterocycles. The second kappa shape index (κ2) is 6.06. The van der Waals surface area contributed by atoms with Gasteiger partial charge in [0.2, 0.25) is 0 Å². The number of carbonyl (C=O) groups is 1. The van der Waals surface area contributed by atoms with Crippen LogP contribution in [0.15, 0.2) is 22.9 Å². The first kappa shape index (κ1) is 13.8. The Hall–Kier alpha value is -1.19. The third-order valence-electron chi connectivity index (χ3n) is 3.88. The summed E-state index contributed by atoms with van der Waals surface area (Å²) in [6.45, 7) is 2.23. The van der Waals surface area contributed by atoms with Gasteiger partial charge in [-0.15, -0.1) is 22.7 Å². The average Bonchev–Trinajstić information content (AvgIpc) is 3.10. The fraction of sp³-hybridized carbons (Fsp3) is 0.353. The summed E-state index contributed by atoms with van der Waals surface area (Å²) >= 11 is 3.54. The molecule has 0 saturated heterocycles. The van der Waals surface area contributed by atoms with Gasteiger partial charge in [-0.05, 0) is 46.7 Å². The zero-order valence-corrected chi connectivity index (χ0v) is 13.3. The first-order chi connectivity index (χ1) is 9.86. The second-order valence-corrected chi connectivity index (χ2v) is 6.98. The van der Waals surface area contributed by atoms with E-state index in [1.807, 2.05) is 0 Å². The highest BCUT2D eigenvalue weighted by atomic mass is 32.1. The number of aldehydes is 1. The summed E-state index contributed by atoms with van der Waals surface area (Å²) in [6, 6.07) is 4.28. The van der Waals surface area contributed by atoms with Crippen LogP contribution in [-0.4, -0.2) is 6.29 Å². The van der Waals surface area contributed by atoms with Crippen molar-refractivity contribution in [3.05, 3.63) is 34.0 Å². The van der Waals surface area contributed by atoms with Crippen LogP contribution in [0, 0.1) is 0 Å². The average molecular weight is 302 g/mol. The quantitative estimate of drug-likeness (QED) is 0.400. The number of rotatable bonds is 6. The molecule has 2 aromatic heterocycles. The molecular weight excluding hydrogens is 284 g/mol. The summed E-state index contributed by atoms with van der Waals surface area (Å²) in [5.74, 6) is 0. The first-order valence-electron chi connectivity index (χ1n) is 7.21. The van der Waals surface area contributed by atoms with Gasteiger partial charge >= 0.3 is 0 Å². The van der Waals surface area contributed by atoms with Crippen molar-refractivity contribution in [2.75, 3.05) is 0 Å². The molecule has 0 saturated carbocycles. The van der Waals surface area contributed by atoms with Crippen molar-refractivity contribution in [1.82, 2.24) is 0 Å². The number of thiophene rings is 2. The lowest BCUT2D eigenvalue weighted by Gasteiger charge is -2.09. The highest BCUT2D eigenvalue weighted by Gasteiger charge is 2.15. The molecule has 0 bridgehead atoms. The third-order valence-corrected chi connectivity index (χ3v) is 5.87. The minimum absolute atomic E-state index is 0.920. The van der Waals surface area contributed by atoms with E-state index in [1.165, 1.54) is 46.0 Å². The molecular formula is C17H18OS2. The lowest BCUT2D eigenvalue weighted by atomic mass is 9.96. The minimum atomic E-state index is 0.920. The monoisotopic (exact) mass is 302 g/mol. The molecule has 0 atom stereocenters. The minimum Gasteiger partial charge on any atom is -0.298 e. The van der Waals surface area contributed by atoms with Gasteiger partial charge in [0.1, 0.15) is 0 Å². The summed E-state index contributed by atoms with van der Waals surface area (Å²) in [5, 5.41) is 6.68. The Morgan fingerprint density at radius 2 is 1.70 bits per heavy atom. The van der Waals surface area contributed by atoms with Gasteiger partial charge in [-0.1, -0.05) is 26.2 Å². The Morgan fingerprint density at radius 3 is 2.40 bits per heavy atom. The molecule has 0 unspecified atom stereocenters. The fourth-order valence-corrected chi connectivity index (χ4v) is 4.89. The predicted octanol–water partition coefficient (Wildman–Crippen LogP) is 6.05. The van der Waals surface area contributed by atoms with Crippen LogP contribution in [0.3, 0.4) is 0 Å². The van der Waals surface area contributed by atoms with Gasteiger partial charge in [0, 0.05) is 10.9 Å². The summed E-state index contributed by atoms with van der Waals surface area (Å²) in [7, 11) is 0. The van der Waals surface area contributed by atoms with E-state index >= 15 is 0 Å². The van der Waals surface area contributed by atoms with Crippen molar-refractivity contribution in [1.29, 1.82) is 0 Å². The van der Waals surface area contributed by atoms with Crippen LogP contribution in [0.1, 0.15) is 48.5 Å². The Labute approximate surface area is 127 Å². The third kappa shape index (κ3) is 2.29. The van der Waals surface area contributed by atoms with Gasteiger partial charge < -0.3 is 0 Å². The van der Waals surface area contributed by atoms with E-state index in [0.717, 1.165) is 23.7 Å². The van der Waals surface area contributed by atoms with Gasteiger partial charge in [-0.25, -0.2) is 0 Å². The molecule has 0 amide bonds. The van der Waals surface area contributed by atoms with E-state index in [-0.39, 0.29) is 0 Å². The van der Waals surface area contributed by atoms with Crippen LogP contribution < -0.4 is 0 Å². The summed E-state index contributed by atoms with van der Waals surface area (Å²) in [6.07, 6.45) is 7.04. The molecule has 0 spiro atoms. The SMILES string of the molecule is CCCCCCc1c(C=O)c2ccsc2c2sccc12. The van der Waals surface area contributed by atoms with Crippen molar-refractivity contribution in [3.8, 4) is 0 Å². The molecule has 1 nitrogen and oxygen atoms in total. The first-order valence-corrected chi connectivity index (χ1v) is 8.97. The maximum Gasteiger partial charge on any atom is 0.151 e. The topological polar surface area (TPSA) is 17.1 Å². The molecule has 0 aliphatic carbocycles. The lowest BCUT2D eigenvalue weighted by Crippen LogP contribution is -1.95. The van der Waals surface area contributed by atoms with E-state index in [4.69, 9.17) is 0 Å². The Kier molecular flexibility index (Phi) is 4.18. The Balaban J connectivity index is 2.10. The van der Waals surface area contributed by atoms with Gasteiger partial charge in [0.05, 0.1) is 9.40 Å². The zero-order chi connectivity index (χ0) is 13.9. The smallest absolute Gasteiger partial charge is 0.151 e. The van der Waals surface area contributed by atoms with E-state index in [0.29, 0.717) is 0 Å². The van der Waals surface area contributed by atoms with E-state index in [9.17, 15) is 4.79 Å². The predicted molar refractivity (Wildman–Crippen MR) is 90.4 cm³/mol. The normalized spacial score (nSPS) is 11.4. The number of carbonyl (C=O) groups excluding carboxylic acids is 1. The second-order valence-electron chi connectivity index (χ2n) is 5.15. The van der Waals surface area contributed by atoms with Gasteiger partial charge in [0.25, 0.3) is 0 Å². The van der Waals surface area contributed by atoms with Crippen LogP contribution in [-0.2, 0) is 6.42 Å². The van der Waals surface area contributed by atoms with Crippen LogP contribution in [0.5, 0.6) is 0 Å². The molecule has 3 heteroatoms. The molecule has 3 rings (SSSR count). The van der Waals surface area contributed by atoms with Crippen molar-refractivity contribution in [3.63, 3.8) is 0 Å². The molecule has 3 aromatic rings. The molecule has 2 heterocycles. The van der Waals surface area contributed by atoms with Crippen LogP contribution in [0.2, 0.25) is 0 Å². The van der Waals surface area contributed by atoms with Crippen molar-refractivity contribution >= 4 is 49.1 Å². The number of unbranched alkanes of at least 4 members (excludes halogenated alkanes) is 3. The van der Waals surface area contributed by atoms with Crippen LogP contribution in [0.25, 0.3) is 20.2 Å². The highest BCUT2D eigenvalue weighted by Crippen LogP contribution is 2.39. The maximum atomic E-state index is 11.6.